The van der Waals surface area contributed by atoms with Gasteiger partial charge in [-0.05, 0) is 89.6 Å². The quantitative estimate of drug-likeness (QED) is 0.155. The van der Waals surface area contributed by atoms with E-state index >= 15 is 0 Å². The van der Waals surface area contributed by atoms with Gasteiger partial charge in [-0.15, -0.1) is 0 Å². The zero-order valence-corrected chi connectivity index (χ0v) is 23.7. The number of hydrogen-bond acceptors (Lipinski definition) is 2. The van der Waals surface area contributed by atoms with Gasteiger partial charge in [0.1, 0.15) is 16.7 Å². The van der Waals surface area contributed by atoms with Gasteiger partial charge in [0, 0.05) is 10.8 Å². The summed E-state index contributed by atoms with van der Waals surface area (Å²) in [7, 11) is 0. The molecule has 0 saturated carbocycles. The summed E-state index contributed by atoms with van der Waals surface area (Å²) in [5.41, 5.74) is 7.38. The predicted molar refractivity (Wildman–Crippen MR) is 184 cm³/mol. The van der Waals surface area contributed by atoms with Crippen LogP contribution in [0.15, 0.2) is 155 Å². The molecule has 0 amide bonds. The molecule has 0 N–H and O–H groups in total. The number of rotatable bonds is 2. The van der Waals surface area contributed by atoms with E-state index in [4.69, 9.17) is 8.83 Å². The Morgan fingerprint density at radius 2 is 0.886 bits per heavy atom. The van der Waals surface area contributed by atoms with E-state index in [-0.39, 0.29) is 0 Å². The molecule has 0 saturated heterocycles. The first-order chi connectivity index (χ1) is 21.8. The summed E-state index contributed by atoms with van der Waals surface area (Å²) in [6.07, 6.45) is 1.80. The van der Waals surface area contributed by atoms with E-state index in [1.807, 2.05) is 12.1 Å². The molecule has 10 rings (SSSR count). The van der Waals surface area contributed by atoms with Crippen LogP contribution in [-0.2, 0) is 0 Å². The van der Waals surface area contributed by atoms with Crippen molar-refractivity contribution in [3.8, 4) is 22.3 Å². The lowest BCUT2D eigenvalue weighted by molar-refractivity contribution is 0.618. The second kappa shape index (κ2) is 8.82. The van der Waals surface area contributed by atoms with E-state index in [2.05, 4.69) is 127 Å². The van der Waals surface area contributed by atoms with Crippen molar-refractivity contribution in [2.24, 2.45) is 0 Å². The summed E-state index contributed by atoms with van der Waals surface area (Å²) in [6, 6.07) is 50.1. The number of benzene rings is 8. The van der Waals surface area contributed by atoms with Crippen LogP contribution in [0.5, 0.6) is 0 Å². The number of para-hydroxylation sites is 1. The Hall–Kier alpha value is -5.86. The first kappa shape index (κ1) is 23.7. The summed E-state index contributed by atoms with van der Waals surface area (Å²) in [6.45, 7) is 0. The molecule has 0 radical (unpaired) electrons. The molecule has 0 aliphatic heterocycles. The Bertz CT molecular complexity index is 2720. The van der Waals surface area contributed by atoms with Crippen molar-refractivity contribution in [3.63, 3.8) is 0 Å². The highest BCUT2D eigenvalue weighted by molar-refractivity contribution is 6.29. The maximum Gasteiger partial charge on any atom is 0.146 e. The summed E-state index contributed by atoms with van der Waals surface area (Å²) in [5, 5.41) is 13.1. The maximum absolute atomic E-state index is 6.44. The van der Waals surface area contributed by atoms with Crippen LogP contribution in [0.4, 0.5) is 0 Å². The molecular weight excluding hydrogens is 536 g/mol. The molecule has 0 atom stereocenters. The zero-order valence-electron chi connectivity index (χ0n) is 23.7. The van der Waals surface area contributed by atoms with Crippen molar-refractivity contribution in [2.45, 2.75) is 0 Å². The largest absolute Gasteiger partial charge is 0.464 e. The van der Waals surface area contributed by atoms with Crippen LogP contribution in [0, 0.1) is 0 Å². The van der Waals surface area contributed by atoms with Gasteiger partial charge in [-0.3, -0.25) is 0 Å². The van der Waals surface area contributed by atoms with Gasteiger partial charge < -0.3 is 8.83 Å². The Labute approximate surface area is 252 Å². The lowest BCUT2D eigenvalue weighted by atomic mass is 9.83. The Kier molecular flexibility index (Phi) is 4.75. The lowest BCUT2D eigenvalue weighted by Gasteiger charge is -2.20. The predicted octanol–water partition coefficient (Wildman–Crippen LogP) is 12.3. The van der Waals surface area contributed by atoms with E-state index in [0.717, 1.165) is 38.5 Å². The number of hydrogen-bond donors (Lipinski definition) is 0. The van der Waals surface area contributed by atoms with Crippen molar-refractivity contribution >= 4 is 76.0 Å². The molecule has 204 valence electrons. The standard InChI is InChI=1S/C42H24O2/c1-2-12-26-25(11-1)23-35(28-14-4-3-13-27(26)28)39-29-15-5-7-17-31(29)40(32-18-8-6-16-30(32)39)36-24-38-41(42-33(36)21-22-43-42)34-19-9-10-20-37(34)44-38/h1-24H. The molecule has 0 bridgehead atoms. The highest BCUT2D eigenvalue weighted by Gasteiger charge is 2.23. The van der Waals surface area contributed by atoms with Gasteiger partial charge in [-0.25, -0.2) is 0 Å². The minimum atomic E-state index is 0.835. The zero-order chi connectivity index (χ0) is 28.8. The van der Waals surface area contributed by atoms with E-state index in [1.54, 1.807) is 6.26 Å². The van der Waals surface area contributed by atoms with Crippen LogP contribution >= 0.6 is 0 Å². The monoisotopic (exact) mass is 560 g/mol. The number of furan rings is 2. The van der Waals surface area contributed by atoms with Gasteiger partial charge in [0.25, 0.3) is 0 Å². The minimum Gasteiger partial charge on any atom is -0.464 e. The molecule has 2 heteroatoms. The average molecular weight is 561 g/mol. The maximum atomic E-state index is 6.44. The Morgan fingerprint density at radius 1 is 0.364 bits per heavy atom. The van der Waals surface area contributed by atoms with Gasteiger partial charge in [0.15, 0.2) is 0 Å². The third kappa shape index (κ3) is 3.14. The molecule has 0 unspecified atom stereocenters. The molecule has 0 fully saturated rings. The van der Waals surface area contributed by atoms with Gasteiger partial charge >= 0.3 is 0 Å². The molecule has 0 aliphatic carbocycles. The van der Waals surface area contributed by atoms with Crippen molar-refractivity contribution in [1.82, 2.24) is 0 Å². The second-order valence-electron chi connectivity index (χ2n) is 11.6. The smallest absolute Gasteiger partial charge is 0.146 e. The SMILES string of the molecule is c1ccc2c(c1)cc(-c1c3ccccc3c(-c3cc4oc5ccccc5c4c4occc34)c3ccccc13)c1ccccc12. The molecule has 2 aromatic heterocycles. The third-order valence-electron chi connectivity index (χ3n) is 9.32. The van der Waals surface area contributed by atoms with Crippen LogP contribution in [0.1, 0.15) is 0 Å². The fraction of sp³-hybridized carbons (Fsp3) is 0. The summed E-state index contributed by atoms with van der Waals surface area (Å²) in [4.78, 5) is 0. The summed E-state index contributed by atoms with van der Waals surface area (Å²) in [5.74, 6) is 0. The third-order valence-corrected chi connectivity index (χ3v) is 9.32. The topological polar surface area (TPSA) is 26.3 Å². The normalized spacial score (nSPS) is 12.1. The van der Waals surface area contributed by atoms with Crippen LogP contribution in [0.25, 0.3) is 98.3 Å². The first-order valence-electron chi connectivity index (χ1n) is 15.0. The van der Waals surface area contributed by atoms with Gasteiger partial charge in [0.05, 0.1) is 11.6 Å². The molecular formula is C42H24O2. The van der Waals surface area contributed by atoms with E-state index in [9.17, 15) is 0 Å². The van der Waals surface area contributed by atoms with Gasteiger partial charge in [0.2, 0.25) is 0 Å². The van der Waals surface area contributed by atoms with Crippen molar-refractivity contribution in [1.29, 1.82) is 0 Å². The number of fused-ring (bicyclic) bond motifs is 10. The molecule has 2 nitrogen and oxygen atoms in total. The summed E-state index contributed by atoms with van der Waals surface area (Å²) >= 11 is 0. The second-order valence-corrected chi connectivity index (χ2v) is 11.6. The molecule has 0 spiro atoms. The highest BCUT2D eigenvalue weighted by atomic mass is 16.3. The molecule has 0 aliphatic rings. The van der Waals surface area contributed by atoms with Crippen LogP contribution < -0.4 is 0 Å². The minimum absolute atomic E-state index is 0.835. The fourth-order valence-corrected chi connectivity index (χ4v) is 7.50. The van der Waals surface area contributed by atoms with Gasteiger partial charge in [-0.2, -0.15) is 0 Å². The molecule has 2 heterocycles. The van der Waals surface area contributed by atoms with Crippen LogP contribution in [0.2, 0.25) is 0 Å². The lowest BCUT2D eigenvalue weighted by Crippen LogP contribution is -1.92. The van der Waals surface area contributed by atoms with Crippen molar-refractivity contribution < 1.29 is 8.83 Å². The summed E-state index contributed by atoms with van der Waals surface area (Å²) < 4.78 is 12.6. The fourth-order valence-electron chi connectivity index (χ4n) is 7.50. The van der Waals surface area contributed by atoms with Gasteiger partial charge in [-0.1, -0.05) is 115 Å². The van der Waals surface area contributed by atoms with Crippen LogP contribution in [-0.4, -0.2) is 0 Å². The molecule has 10 aromatic rings. The Morgan fingerprint density at radius 3 is 1.57 bits per heavy atom. The van der Waals surface area contributed by atoms with Crippen molar-refractivity contribution in [3.05, 3.63) is 146 Å². The van der Waals surface area contributed by atoms with Crippen molar-refractivity contribution in [2.75, 3.05) is 0 Å². The highest BCUT2D eigenvalue weighted by Crippen LogP contribution is 2.49. The average Bonchev–Trinajstić information content (AvgIpc) is 3.71. The Balaban J connectivity index is 1.39. The molecule has 44 heavy (non-hydrogen) atoms. The molecule has 8 aromatic carbocycles. The van der Waals surface area contributed by atoms with Crippen LogP contribution in [0.3, 0.4) is 0 Å². The first-order valence-corrected chi connectivity index (χ1v) is 15.0. The van der Waals surface area contributed by atoms with E-state index < -0.39 is 0 Å². The van der Waals surface area contributed by atoms with E-state index in [0.29, 0.717) is 0 Å². The van der Waals surface area contributed by atoms with E-state index in [1.165, 1.54) is 59.8 Å².